The van der Waals surface area contributed by atoms with Crippen molar-refractivity contribution in [2.45, 2.75) is 6.42 Å². The van der Waals surface area contributed by atoms with Crippen LogP contribution in [0.5, 0.6) is 0 Å². The molecule has 0 amide bonds. The van der Waals surface area contributed by atoms with Gasteiger partial charge in [0.05, 0.1) is 0 Å². The van der Waals surface area contributed by atoms with E-state index in [2.05, 4.69) is 23.5 Å². The summed E-state index contributed by atoms with van der Waals surface area (Å²) >= 11 is 0. The summed E-state index contributed by atoms with van der Waals surface area (Å²) < 4.78 is 11.2. The summed E-state index contributed by atoms with van der Waals surface area (Å²) in [4.78, 5) is 4.13. The molecule has 1 aliphatic heterocycles. The predicted octanol–water partition coefficient (Wildman–Crippen LogP) is 3.77. The SMILES string of the molecule is [c]1nc2c(C3=CC=C4CC=CC=C4O3)cccc2o1. The zero-order valence-electron chi connectivity index (χ0n) is 10.1. The van der Waals surface area contributed by atoms with Gasteiger partial charge in [0.25, 0.3) is 6.39 Å². The van der Waals surface area contributed by atoms with Crippen molar-refractivity contribution in [3.05, 3.63) is 71.9 Å². The van der Waals surface area contributed by atoms with Crippen LogP contribution in [0, 0.1) is 6.39 Å². The fourth-order valence-corrected chi connectivity index (χ4v) is 2.32. The molecule has 4 rings (SSSR count). The van der Waals surface area contributed by atoms with E-state index in [0.29, 0.717) is 5.58 Å². The van der Waals surface area contributed by atoms with Crippen molar-refractivity contribution in [1.82, 2.24) is 4.98 Å². The van der Waals surface area contributed by atoms with Crippen LogP contribution in [-0.4, -0.2) is 4.98 Å². The second-order valence-electron chi connectivity index (χ2n) is 4.45. The fourth-order valence-electron chi connectivity index (χ4n) is 2.32. The lowest BCUT2D eigenvalue weighted by Gasteiger charge is -2.20. The van der Waals surface area contributed by atoms with Gasteiger partial charge in [-0.3, -0.25) is 0 Å². The zero-order chi connectivity index (χ0) is 12.7. The molecule has 0 N–H and O–H groups in total. The number of hydrogen-bond acceptors (Lipinski definition) is 3. The third kappa shape index (κ3) is 1.63. The lowest BCUT2D eigenvalue weighted by atomic mass is 10.0. The van der Waals surface area contributed by atoms with Crippen LogP contribution < -0.4 is 0 Å². The first-order chi connectivity index (χ1) is 9.42. The molecular formula is C16H10NO2. The number of aromatic nitrogens is 1. The Bertz CT molecular complexity index is 775. The molecule has 1 aliphatic carbocycles. The Labute approximate surface area is 110 Å². The molecule has 0 atom stereocenters. The predicted molar refractivity (Wildman–Crippen MR) is 71.8 cm³/mol. The van der Waals surface area contributed by atoms with Gasteiger partial charge in [0, 0.05) is 5.56 Å². The minimum absolute atomic E-state index is 0.717. The molecule has 1 aromatic carbocycles. The maximum absolute atomic E-state index is 5.96. The number of fused-ring (bicyclic) bond motifs is 2. The Morgan fingerprint density at radius 1 is 1.11 bits per heavy atom. The van der Waals surface area contributed by atoms with Crippen molar-refractivity contribution in [3.63, 3.8) is 0 Å². The van der Waals surface area contributed by atoms with Gasteiger partial charge in [0.15, 0.2) is 5.58 Å². The molecule has 3 heteroatoms. The van der Waals surface area contributed by atoms with E-state index in [0.717, 1.165) is 29.0 Å². The highest BCUT2D eigenvalue weighted by molar-refractivity contribution is 5.87. The summed E-state index contributed by atoms with van der Waals surface area (Å²) in [7, 11) is 0. The third-order valence-corrected chi connectivity index (χ3v) is 3.27. The van der Waals surface area contributed by atoms with Gasteiger partial charge in [-0.15, -0.1) is 0 Å². The Hall–Kier alpha value is -2.55. The maximum atomic E-state index is 5.96. The van der Waals surface area contributed by atoms with Crippen LogP contribution in [0.2, 0.25) is 0 Å². The Kier molecular flexibility index (Phi) is 2.18. The molecule has 19 heavy (non-hydrogen) atoms. The van der Waals surface area contributed by atoms with Gasteiger partial charge in [0.1, 0.15) is 17.0 Å². The number of ether oxygens (including phenoxy) is 1. The zero-order valence-corrected chi connectivity index (χ0v) is 10.1. The van der Waals surface area contributed by atoms with Gasteiger partial charge < -0.3 is 9.15 Å². The highest BCUT2D eigenvalue weighted by Crippen LogP contribution is 2.33. The third-order valence-electron chi connectivity index (χ3n) is 3.27. The van der Waals surface area contributed by atoms with Gasteiger partial charge in [-0.25, -0.2) is 4.98 Å². The second kappa shape index (κ2) is 3.99. The maximum Gasteiger partial charge on any atom is 0.284 e. The number of nitrogens with zero attached hydrogens (tertiary/aromatic N) is 1. The van der Waals surface area contributed by atoms with Gasteiger partial charge in [0.2, 0.25) is 0 Å². The van der Waals surface area contributed by atoms with Crippen LogP contribution in [0.1, 0.15) is 12.0 Å². The molecule has 0 fully saturated rings. The molecule has 0 saturated heterocycles. The number of hydrogen-bond donors (Lipinski definition) is 0. The van der Waals surface area contributed by atoms with Crippen LogP contribution >= 0.6 is 0 Å². The molecular weight excluding hydrogens is 238 g/mol. The second-order valence-corrected chi connectivity index (χ2v) is 4.45. The first kappa shape index (κ1) is 10.4. The number of benzene rings is 1. The van der Waals surface area contributed by atoms with Crippen molar-refractivity contribution in [1.29, 1.82) is 0 Å². The Morgan fingerprint density at radius 2 is 2.11 bits per heavy atom. The monoisotopic (exact) mass is 248 g/mol. The molecule has 3 nitrogen and oxygen atoms in total. The van der Waals surface area contributed by atoms with E-state index in [-0.39, 0.29) is 0 Å². The molecule has 91 valence electrons. The molecule has 0 saturated carbocycles. The van der Waals surface area contributed by atoms with Crippen molar-refractivity contribution in [3.8, 4) is 0 Å². The van der Waals surface area contributed by atoms with Crippen molar-refractivity contribution in [2.75, 3.05) is 0 Å². The fraction of sp³-hybridized carbons (Fsp3) is 0.0625. The van der Waals surface area contributed by atoms with E-state index >= 15 is 0 Å². The average molecular weight is 248 g/mol. The van der Waals surface area contributed by atoms with Gasteiger partial charge in [-0.2, -0.15) is 0 Å². The summed E-state index contributed by atoms with van der Waals surface area (Å²) in [5.74, 6) is 1.70. The summed E-state index contributed by atoms with van der Waals surface area (Å²) in [5.41, 5.74) is 3.62. The molecule has 1 aromatic heterocycles. The number of rotatable bonds is 1. The largest absolute Gasteiger partial charge is 0.456 e. The Balaban J connectivity index is 1.84. The van der Waals surface area contributed by atoms with E-state index in [1.807, 2.05) is 36.4 Å². The highest BCUT2D eigenvalue weighted by Gasteiger charge is 2.18. The van der Waals surface area contributed by atoms with E-state index in [1.165, 1.54) is 5.57 Å². The number of allylic oxidation sites excluding steroid dienone is 6. The molecule has 0 bridgehead atoms. The normalized spacial score (nSPS) is 17.4. The topological polar surface area (TPSA) is 35.3 Å². The molecule has 2 aliphatic rings. The van der Waals surface area contributed by atoms with E-state index in [1.54, 1.807) is 0 Å². The van der Waals surface area contributed by atoms with Crippen LogP contribution in [-0.2, 0) is 4.74 Å². The average Bonchev–Trinajstić information content (AvgIpc) is 2.95. The lowest BCUT2D eigenvalue weighted by Crippen LogP contribution is -2.03. The summed E-state index contributed by atoms with van der Waals surface area (Å²) in [6, 6.07) is 5.77. The summed E-state index contributed by atoms with van der Waals surface area (Å²) in [6.45, 7) is 0. The van der Waals surface area contributed by atoms with Crippen molar-refractivity contribution >= 4 is 16.9 Å². The van der Waals surface area contributed by atoms with Crippen molar-refractivity contribution in [2.24, 2.45) is 0 Å². The summed E-state index contributed by atoms with van der Waals surface area (Å²) in [6.07, 6.45) is 13.6. The van der Waals surface area contributed by atoms with Gasteiger partial charge in [-0.05, 0) is 36.3 Å². The van der Waals surface area contributed by atoms with E-state index < -0.39 is 0 Å². The quantitative estimate of drug-likeness (QED) is 0.770. The van der Waals surface area contributed by atoms with Crippen LogP contribution in [0.4, 0.5) is 0 Å². The minimum Gasteiger partial charge on any atom is -0.456 e. The van der Waals surface area contributed by atoms with Crippen LogP contribution in [0.15, 0.2) is 64.3 Å². The minimum atomic E-state index is 0.717. The number of para-hydroxylation sites is 1. The van der Waals surface area contributed by atoms with Crippen LogP contribution in [0.3, 0.4) is 0 Å². The van der Waals surface area contributed by atoms with Crippen molar-refractivity contribution < 1.29 is 9.15 Å². The van der Waals surface area contributed by atoms with Gasteiger partial charge in [-0.1, -0.05) is 24.3 Å². The molecule has 2 heterocycles. The Morgan fingerprint density at radius 3 is 3.11 bits per heavy atom. The molecule has 0 unspecified atom stereocenters. The molecule has 1 radical (unpaired) electrons. The number of oxazole rings is 1. The summed E-state index contributed by atoms with van der Waals surface area (Å²) in [5, 5.41) is 0. The lowest BCUT2D eigenvalue weighted by molar-refractivity contribution is 0.386. The first-order valence-corrected chi connectivity index (χ1v) is 6.14. The van der Waals surface area contributed by atoms with Gasteiger partial charge >= 0.3 is 0 Å². The molecule has 0 spiro atoms. The van der Waals surface area contributed by atoms with E-state index in [4.69, 9.17) is 9.15 Å². The van der Waals surface area contributed by atoms with Crippen LogP contribution in [0.25, 0.3) is 16.9 Å². The first-order valence-electron chi connectivity index (χ1n) is 6.14. The smallest absolute Gasteiger partial charge is 0.284 e. The van der Waals surface area contributed by atoms with E-state index in [9.17, 15) is 0 Å². The highest BCUT2D eigenvalue weighted by atomic mass is 16.5. The standard InChI is InChI=1S/C16H10NO2/c1-2-6-13-11(4-1)8-9-14(19-13)12-5-3-7-15-16(12)17-10-18-15/h1-3,5-9H,4H2. The molecule has 2 aromatic rings.